The fourth-order valence-electron chi connectivity index (χ4n) is 1.50. The van der Waals surface area contributed by atoms with Crippen molar-refractivity contribution in [2.75, 3.05) is 5.75 Å². The van der Waals surface area contributed by atoms with Crippen LogP contribution in [0.25, 0.3) is 0 Å². The van der Waals surface area contributed by atoms with Crippen molar-refractivity contribution >= 4 is 9.84 Å². The molecule has 2 N–H and O–H groups in total. The van der Waals surface area contributed by atoms with E-state index in [2.05, 4.69) is 0 Å². The van der Waals surface area contributed by atoms with Crippen LogP contribution >= 0.6 is 0 Å². The molecule has 96 valence electrons. The van der Waals surface area contributed by atoms with Gasteiger partial charge in [0.1, 0.15) is 0 Å². The zero-order valence-electron chi connectivity index (χ0n) is 10.7. The third kappa shape index (κ3) is 4.48. The summed E-state index contributed by atoms with van der Waals surface area (Å²) < 4.78 is 23.2. The third-order valence-corrected chi connectivity index (χ3v) is 4.47. The lowest BCUT2D eigenvalue weighted by Crippen LogP contribution is -2.32. The molecular formula is C13H21NO2S. The van der Waals surface area contributed by atoms with Crippen molar-refractivity contribution in [1.82, 2.24) is 0 Å². The second-order valence-corrected chi connectivity index (χ2v) is 7.31. The van der Waals surface area contributed by atoms with Crippen LogP contribution in [0.1, 0.15) is 32.8 Å². The molecule has 0 aliphatic carbocycles. The first-order chi connectivity index (χ1) is 7.74. The lowest BCUT2D eigenvalue weighted by atomic mass is 9.97. The van der Waals surface area contributed by atoms with Gasteiger partial charge in [-0.2, -0.15) is 0 Å². The topological polar surface area (TPSA) is 60.2 Å². The normalized spacial score (nSPS) is 12.7. The zero-order valence-corrected chi connectivity index (χ0v) is 11.5. The molecule has 0 fully saturated rings. The Balaban J connectivity index is 2.76. The van der Waals surface area contributed by atoms with Crippen LogP contribution in [0.2, 0.25) is 0 Å². The third-order valence-electron chi connectivity index (χ3n) is 2.72. The van der Waals surface area contributed by atoms with Gasteiger partial charge in [-0.3, -0.25) is 0 Å². The average Bonchev–Trinajstić information content (AvgIpc) is 2.26. The van der Waals surface area contributed by atoms with Gasteiger partial charge in [-0.15, -0.1) is 0 Å². The van der Waals surface area contributed by atoms with Gasteiger partial charge in [0.25, 0.3) is 0 Å². The van der Waals surface area contributed by atoms with Gasteiger partial charge in [0.2, 0.25) is 0 Å². The summed E-state index contributed by atoms with van der Waals surface area (Å²) in [5, 5.41) is 0. The molecule has 0 aliphatic rings. The minimum atomic E-state index is -3.08. The van der Waals surface area contributed by atoms with E-state index in [-0.39, 0.29) is 11.3 Å². The highest BCUT2D eigenvalue weighted by Crippen LogP contribution is 2.15. The summed E-state index contributed by atoms with van der Waals surface area (Å²) in [7, 11) is -3.08. The van der Waals surface area contributed by atoms with Gasteiger partial charge in [0, 0.05) is 5.54 Å². The molecule has 0 unspecified atom stereocenters. The van der Waals surface area contributed by atoms with E-state index in [0.717, 1.165) is 18.4 Å². The Labute approximate surface area is 104 Å². The molecule has 1 aromatic rings. The molecule has 0 saturated heterocycles. The number of aryl methyl sites for hydroxylation is 1. The Hall–Kier alpha value is -0.870. The maximum absolute atomic E-state index is 11.6. The Morgan fingerprint density at radius 3 is 2.12 bits per heavy atom. The molecule has 0 atom stereocenters. The standard InChI is InChI=1S/C13H21NO2S/c1-4-17(15,16)12-7-5-11(6-8-12)9-10-13(2,3)14/h5-8H,4,9-10,14H2,1-3H3. The number of hydrogen-bond acceptors (Lipinski definition) is 3. The van der Waals surface area contributed by atoms with Crippen LogP contribution in [0.5, 0.6) is 0 Å². The first-order valence-corrected chi connectivity index (χ1v) is 7.50. The quantitative estimate of drug-likeness (QED) is 0.877. The summed E-state index contributed by atoms with van der Waals surface area (Å²) in [6, 6.07) is 7.10. The van der Waals surface area contributed by atoms with Crippen molar-refractivity contribution in [2.45, 2.75) is 44.0 Å². The SMILES string of the molecule is CCS(=O)(=O)c1ccc(CCC(C)(C)N)cc1. The summed E-state index contributed by atoms with van der Waals surface area (Å²) in [5.74, 6) is 0.141. The second-order valence-electron chi connectivity index (χ2n) is 5.04. The lowest BCUT2D eigenvalue weighted by molar-refractivity contribution is 0.477. The number of nitrogens with two attached hydrogens (primary N) is 1. The van der Waals surface area contributed by atoms with Crippen molar-refractivity contribution in [3.63, 3.8) is 0 Å². The van der Waals surface area contributed by atoms with Crippen molar-refractivity contribution in [2.24, 2.45) is 5.73 Å². The van der Waals surface area contributed by atoms with Gasteiger partial charge >= 0.3 is 0 Å². The van der Waals surface area contributed by atoms with Crippen LogP contribution in [0.4, 0.5) is 0 Å². The fourth-order valence-corrected chi connectivity index (χ4v) is 2.38. The first-order valence-electron chi connectivity index (χ1n) is 5.85. The molecule has 0 aromatic heterocycles. The minimum absolute atomic E-state index is 0.141. The summed E-state index contributed by atoms with van der Waals surface area (Å²) >= 11 is 0. The maximum Gasteiger partial charge on any atom is 0.178 e. The molecule has 3 nitrogen and oxygen atoms in total. The Bertz CT molecular complexity index is 455. The molecular weight excluding hydrogens is 234 g/mol. The van der Waals surface area contributed by atoms with Crippen molar-refractivity contribution < 1.29 is 8.42 Å². The van der Waals surface area contributed by atoms with E-state index < -0.39 is 9.84 Å². The molecule has 0 saturated carbocycles. The van der Waals surface area contributed by atoms with Crippen LogP contribution in [-0.2, 0) is 16.3 Å². The van der Waals surface area contributed by atoms with Gasteiger partial charge < -0.3 is 5.73 Å². The Kier molecular flexibility index (Phi) is 4.33. The number of hydrogen-bond donors (Lipinski definition) is 1. The summed E-state index contributed by atoms with van der Waals surface area (Å²) in [4.78, 5) is 0.399. The van der Waals surface area contributed by atoms with E-state index in [9.17, 15) is 8.42 Å². The van der Waals surface area contributed by atoms with E-state index in [4.69, 9.17) is 5.73 Å². The van der Waals surface area contributed by atoms with Gasteiger partial charge in [-0.25, -0.2) is 8.42 Å². The fraction of sp³-hybridized carbons (Fsp3) is 0.538. The Morgan fingerprint density at radius 1 is 1.18 bits per heavy atom. The van der Waals surface area contributed by atoms with E-state index in [0.29, 0.717) is 4.90 Å². The molecule has 1 aromatic carbocycles. The van der Waals surface area contributed by atoms with Crippen LogP contribution in [0.3, 0.4) is 0 Å². The zero-order chi connectivity index (χ0) is 13.1. The van der Waals surface area contributed by atoms with Crippen LogP contribution in [-0.4, -0.2) is 19.7 Å². The predicted octanol–water partition coefficient (Wildman–Crippen LogP) is 2.15. The van der Waals surface area contributed by atoms with Gasteiger partial charge in [-0.05, 0) is 44.4 Å². The highest BCUT2D eigenvalue weighted by Gasteiger charge is 2.12. The Morgan fingerprint density at radius 2 is 1.71 bits per heavy atom. The van der Waals surface area contributed by atoms with Crippen molar-refractivity contribution in [3.05, 3.63) is 29.8 Å². The molecule has 4 heteroatoms. The van der Waals surface area contributed by atoms with Gasteiger partial charge in [-0.1, -0.05) is 19.1 Å². The molecule has 0 bridgehead atoms. The summed E-state index contributed by atoms with van der Waals surface area (Å²) in [6.07, 6.45) is 1.75. The molecule has 0 aliphatic heterocycles. The molecule has 0 spiro atoms. The van der Waals surface area contributed by atoms with E-state index in [1.165, 1.54) is 0 Å². The number of rotatable bonds is 5. The number of sulfone groups is 1. The van der Waals surface area contributed by atoms with Crippen molar-refractivity contribution in [3.8, 4) is 0 Å². The first kappa shape index (κ1) is 14.2. The largest absolute Gasteiger partial charge is 0.326 e. The molecule has 0 amide bonds. The average molecular weight is 255 g/mol. The lowest BCUT2D eigenvalue weighted by Gasteiger charge is -2.18. The highest BCUT2D eigenvalue weighted by molar-refractivity contribution is 7.91. The van der Waals surface area contributed by atoms with E-state index >= 15 is 0 Å². The van der Waals surface area contributed by atoms with Gasteiger partial charge in [0.15, 0.2) is 9.84 Å². The van der Waals surface area contributed by atoms with Gasteiger partial charge in [0.05, 0.1) is 10.6 Å². The predicted molar refractivity (Wildman–Crippen MR) is 70.8 cm³/mol. The molecule has 0 radical (unpaired) electrons. The maximum atomic E-state index is 11.6. The molecule has 0 heterocycles. The smallest absolute Gasteiger partial charge is 0.178 e. The van der Waals surface area contributed by atoms with Crippen LogP contribution < -0.4 is 5.73 Å². The van der Waals surface area contributed by atoms with Crippen molar-refractivity contribution in [1.29, 1.82) is 0 Å². The van der Waals surface area contributed by atoms with Crippen LogP contribution in [0, 0.1) is 0 Å². The highest BCUT2D eigenvalue weighted by atomic mass is 32.2. The minimum Gasteiger partial charge on any atom is -0.326 e. The summed E-state index contributed by atoms with van der Waals surface area (Å²) in [5.41, 5.74) is 6.85. The number of benzene rings is 1. The molecule has 17 heavy (non-hydrogen) atoms. The monoisotopic (exact) mass is 255 g/mol. The van der Waals surface area contributed by atoms with E-state index in [1.54, 1.807) is 19.1 Å². The van der Waals surface area contributed by atoms with Crippen LogP contribution in [0.15, 0.2) is 29.2 Å². The molecule has 1 rings (SSSR count). The summed E-state index contributed by atoms with van der Waals surface area (Å²) in [6.45, 7) is 5.63. The van der Waals surface area contributed by atoms with E-state index in [1.807, 2.05) is 26.0 Å². The second kappa shape index (κ2) is 5.19.